The van der Waals surface area contributed by atoms with Gasteiger partial charge in [-0.05, 0) is 55.7 Å². The number of aromatic nitrogens is 1. The van der Waals surface area contributed by atoms with Gasteiger partial charge in [-0.3, -0.25) is 9.59 Å². The molecule has 2 heterocycles. The van der Waals surface area contributed by atoms with Crippen LogP contribution in [0.3, 0.4) is 0 Å². The second-order valence-corrected chi connectivity index (χ2v) is 10.3. The largest absolute Gasteiger partial charge is 0.476 e. The summed E-state index contributed by atoms with van der Waals surface area (Å²) in [6, 6.07) is 13.8. The van der Waals surface area contributed by atoms with E-state index in [-0.39, 0.29) is 12.7 Å². The van der Waals surface area contributed by atoms with Gasteiger partial charge in [0.05, 0.1) is 32.5 Å². The third kappa shape index (κ3) is 6.89. The molecule has 0 bridgehead atoms. The lowest BCUT2D eigenvalue weighted by molar-refractivity contribution is -0.159. The summed E-state index contributed by atoms with van der Waals surface area (Å²) in [6.07, 6.45) is 1.88. The van der Waals surface area contributed by atoms with Crippen molar-refractivity contribution >= 4 is 23.4 Å². The number of nitrogens with zero attached hydrogens (tertiary/aromatic N) is 2. The van der Waals surface area contributed by atoms with Gasteiger partial charge in [0.1, 0.15) is 16.9 Å². The summed E-state index contributed by atoms with van der Waals surface area (Å²) in [5.41, 5.74) is 0.767. The van der Waals surface area contributed by atoms with Gasteiger partial charge in [-0.2, -0.15) is 4.98 Å². The number of esters is 1. The molecule has 212 valence electrons. The smallest absolute Gasteiger partial charge is 0.321 e. The predicted octanol–water partition coefficient (Wildman–Crippen LogP) is 4.46. The maximum Gasteiger partial charge on any atom is 0.321 e. The fourth-order valence-electron chi connectivity index (χ4n) is 4.90. The highest BCUT2D eigenvalue weighted by atomic mass is 16.5. The number of benzene rings is 1. The second kappa shape index (κ2) is 13.3. The summed E-state index contributed by atoms with van der Waals surface area (Å²) in [7, 11) is 1.71. The Kier molecular flexibility index (Phi) is 9.80. The van der Waals surface area contributed by atoms with Crippen molar-refractivity contribution in [2.24, 2.45) is 17.3 Å². The molecule has 39 heavy (non-hydrogen) atoms. The molecule has 2 aliphatic rings. The first-order chi connectivity index (χ1) is 18.9. The molecule has 1 aliphatic carbocycles. The van der Waals surface area contributed by atoms with Crippen molar-refractivity contribution in [1.29, 1.82) is 0 Å². The molecule has 9 heteroatoms. The fraction of sp³-hybridized carbons (Fsp3) is 0.567. The molecular weight excluding hydrogens is 498 g/mol. The van der Waals surface area contributed by atoms with Crippen LogP contribution in [0.25, 0.3) is 0 Å². The van der Waals surface area contributed by atoms with Crippen molar-refractivity contribution < 1.29 is 28.5 Å². The van der Waals surface area contributed by atoms with Crippen LogP contribution in [0.2, 0.25) is 0 Å². The molecule has 2 aromatic rings. The lowest BCUT2D eigenvalue weighted by Crippen LogP contribution is -2.52. The summed E-state index contributed by atoms with van der Waals surface area (Å²) < 4.78 is 22.8. The minimum atomic E-state index is -1.26. The number of hydrogen-bond acceptors (Lipinski definition) is 8. The third-order valence-electron chi connectivity index (χ3n) is 7.86. The van der Waals surface area contributed by atoms with E-state index in [0.717, 1.165) is 25.2 Å². The van der Waals surface area contributed by atoms with Gasteiger partial charge in [0.25, 0.3) is 0 Å². The molecule has 1 N–H and O–H groups in total. The van der Waals surface area contributed by atoms with Crippen molar-refractivity contribution in [3.8, 4) is 5.88 Å². The average molecular weight is 540 g/mol. The summed E-state index contributed by atoms with van der Waals surface area (Å²) in [5.74, 6) is 0.735. The first-order valence-electron chi connectivity index (χ1n) is 14.0. The van der Waals surface area contributed by atoms with Crippen molar-refractivity contribution in [2.45, 2.75) is 52.7 Å². The zero-order valence-corrected chi connectivity index (χ0v) is 23.5. The van der Waals surface area contributed by atoms with Gasteiger partial charge in [0, 0.05) is 20.2 Å². The average Bonchev–Trinajstić information content (AvgIpc) is 3.67. The summed E-state index contributed by atoms with van der Waals surface area (Å²) in [6.45, 7) is 8.91. The maximum atomic E-state index is 13.3. The quantitative estimate of drug-likeness (QED) is 0.262. The first kappa shape index (κ1) is 28.8. The Balaban J connectivity index is 1.39. The molecular formula is C30H41N3O6. The zero-order chi connectivity index (χ0) is 27.8. The number of anilines is 2. The lowest BCUT2D eigenvalue weighted by atomic mass is 9.81. The molecule has 2 fully saturated rings. The summed E-state index contributed by atoms with van der Waals surface area (Å²) in [4.78, 5) is 32.8. The predicted molar refractivity (Wildman–Crippen MR) is 149 cm³/mol. The van der Waals surface area contributed by atoms with Gasteiger partial charge in [0.15, 0.2) is 0 Å². The molecule has 4 rings (SSSR count). The minimum absolute atomic E-state index is 0.172. The van der Waals surface area contributed by atoms with E-state index in [2.05, 4.69) is 27.3 Å². The number of hydrogen-bond donors (Lipinski definition) is 1. The van der Waals surface area contributed by atoms with Crippen LogP contribution in [-0.4, -0.2) is 63.0 Å². The van der Waals surface area contributed by atoms with Crippen LogP contribution in [0, 0.1) is 17.3 Å². The van der Waals surface area contributed by atoms with Crippen LogP contribution in [-0.2, 0) is 30.4 Å². The van der Waals surface area contributed by atoms with Gasteiger partial charge in [-0.25, -0.2) is 0 Å². The highest BCUT2D eigenvalue weighted by molar-refractivity contribution is 6.08. The molecule has 1 aliphatic heterocycles. The summed E-state index contributed by atoms with van der Waals surface area (Å²) >= 11 is 0. The number of amides is 1. The molecule has 0 unspecified atom stereocenters. The number of ether oxygens (including phenoxy) is 4. The normalized spacial score (nSPS) is 18.8. The number of nitrogens with one attached hydrogen (secondary N) is 1. The standard InChI is InChI=1S/C30H41N3O6/c1-5-30(6-2,29(35)38-7-3)28(34)32-26-14-13-25(33-16-24(17-33)36-4)27(31-26)39-20-23-15-22(23)19-37-18-21-11-9-8-10-12-21/h8-14,22-24H,5-7,15-20H2,1-4H3,(H,31,32,34)/t22-,23-/m1/s1. The SMILES string of the molecule is CCOC(=O)C(CC)(CC)C(=O)Nc1ccc(N2CC(OC)C2)c(OC[C@H]2C[C@@H]2COCc2ccccc2)n1. The topological polar surface area (TPSA) is 99.2 Å². The molecule has 0 spiro atoms. The van der Waals surface area contributed by atoms with E-state index in [1.165, 1.54) is 5.56 Å². The van der Waals surface area contributed by atoms with Crippen LogP contribution in [0.15, 0.2) is 42.5 Å². The number of rotatable bonds is 15. The van der Waals surface area contributed by atoms with E-state index in [1.807, 2.05) is 38.1 Å². The summed E-state index contributed by atoms with van der Waals surface area (Å²) in [5, 5.41) is 2.85. The molecule has 1 aromatic carbocycles. The molecule has 0 radical (unpaired) electrons. The van der Waals surface area contributed by atoms with Crippen molar-refractivity contribution in [2.75, 3.05) is 50.2 Å². The highest BCUT2D eigenvalue weighted by Gasteiger charge is 2.44. The number of carbonyl (C=O) groups excluding carboxylic acids is 2. The Hall–Kier alpha value is -3.17. The Labute approximate surface area is 231 Å². The van der Waals surface area contributed by atoms with Crippen molar-refractivity contribution in [3.63, 3.8) is 0 Å². The molecule has 1 amide bonds. The van der Waals surface area contributed by atoms with Gasteiger partial charge in [-0.1, -0.05) is 44.2 Å². The van der Waals surface area contributed by atoms with Crippen molar-refractivity contribution in [3.05, 3.63) is 48.0 Å². The Morgan fingerprint density at radius 3 is 2.41 bits per heavy atom. The van der Waals surface area contributed by atoms with E-state index in [9.17, 15) is 9.59 Å². The highest BCUT2D eigenvalue weighted by Crippen LogP contribution is 2.40. The molecule has 1 saturated carbocycles. The minimum Gasteiger partial charge on any atom is -0.476 e. The van der Waals surface area contributed by atoms with E-state index < -0.39 is 17.3 Å². The van der Waals surface area contributed by atoms with E-state index in [0.29, 0.717) is 56.2 Å². The number of methoxy groups -OCH3 is 1. The molecule has 2 atom stereocenters. The monoisotopic (exact) mass is 539 g/mol. The first-order valence-corrected chi connectivity index (χ1v) is 14.0. The van der Waals surface area contributed by atoms with Crippen LogP contribution in [0.5, 0.6) is 5.88 Å². The van der Waals surface area contributed by atoms with E-state index >= 15 is 0 Å². The van der Waals surface area contributed by atoms with Crippen LogP contribution < -0.4 is 15.0 Å². The fourth-order valence-corrected chi connectivity index (χ4v) is 4.90. The van der Waals surface area contributed by atoms with Crippen molar-refractivity contribution in [1.82, 2.24) is 4.98 Å². The van der Waals surface area contributed by atoms with Gasteiger partial charge >= 0.3 is 5.97 Å². The zero-order valence-electron chi connectivity index (χ0n) is 23.5. The number of pyridine rings is 1. The molecule has 9 nitrogen and oxygen atoms in total. The van der Waals surface area contributed by atoms with E-state index in [4.69, 9.17) is 18.9 Å². The maximum absolute atomic E-state index is 13.3. The Morgan fingerprint density at radius 1 is 1.03 bits per heavy atom. The van der Waals surface area contributed by atoms with Gasteiger partial charge < -0.3 is 29.2 Å². The molecule has 1 aromatic heterocycles. The third-order valence-corrected chi connectivity index (χ3v) is 7.86. The van der Waals surface area contributed by atoms with Gasteiger partial charge in [-0.15, -0.1) is 0 Å². The van der Waals surface area contributed by atoms with Crippen LogP contribution in [0.4, 0.5) is 11.5 Å². The van der Waals surface area contributed by atoms with Gasteiger partial charge in [0.2, 0.25) is 11.8 Å². The molecule has 1 saturated heterocycles. The Morgan fingerprint density at radius 2 is 1.74 bits per heavy atom. The van der Waals surface area contributed by atoms with Crippen LogP contribution >= 0.6 is 0 Å². The second-order valence-electron chi connectivity index (χ2n) is 10.3. The lowest BCUT2D eigenvalue weighted by Gasteiger charge is -2.40. The Bertz CT molecular complexity index is 1100. The van der Waals surface area contributed by atoms with E-state index in [1.54, 1.807) is 20.1 Å². The number of carbonyl (C=O) groups is 2. The van der Waals surface area contributed by atoms with Crippen LogP contribution in [0.1, 0.15) is 45.6 Å².